The van der Waals surface area contributed by atoms with E-state index in [1.54, 1.807) is 6.07 Å². The van der Waals surface area contributed by atoms with Crippen LogP contribution in [0.2, 0.25) is 0 Å². The first-order chi connectivity index (χ1) is 23.7. The van der Waals surface area contributed by atoms with Gasteiger partial charge in [0.2, 0.25) is 0 Å². The number of anilines is 2. The molecule has 48 heavy (non-hydrogen) atoms. The van der Waals surface area contributed by atoms with Crippen LogP contribution in [0, 0.1) is 11.3 Å². The average Bonchev–Trinajstić information content (AvgIpc) is 3.70. The molecule has 0 fully saturated rings. The standard InChI is InChI=1S/C44H29N3O/c1-29-13-4-3-9-26-46(41-23-12-20-36-35-19-10-14-31(28-45)43(35)48-44(36)41)40-22-11-18-33(42(29)40)30-24-25-39-37(27-30)34-17-7-8-21-38(34)47(39)32-15-5-2-6-16-32/h2-25,27H,1,26H2/b9-3-,13-4-. The lowest BCUT2D eigenvalue weighted by molar-refractivity contribution is 0.667. The molecular formula is C44H29N3O. The minimum Gasteiger partial charge on any atom is -0.452 e. The molecule has 4 heteroatoms. The SMILES string of the molecule is C=C1/C=C\C=C/CN(c2cccc3c2oc2c(C#N)cccc23)c2cccc(-c3ccc4c(c3)c3ccccc3n4-c3ccccc3)c21. The molecule has 6 aromatic carbocycles. The van der Waals surface area contributed by atoms with Gasteiger partial charge in [0.05, 0.1) is 22.3 Å². The summed E-state index contributed by atoms with van der Waals surface area (Å²) in [6.45, 7) is 5.20. The number of para-hydroxylation sites is 4. The molecule has 0 spiro atoms. The Morgan fingerprint density at radius 3 is 2.25 bits per heavy atom. The summed E-state index contributed by atoms with van der Waals surface area (Å²) in [5.41, 5.74) is 11.6. The number of benzene rings is 6. The maximum Gasteiger partial charge on any atom is 0.159 e. The molecule has 226 valence electrons. The maximum absolute atomic E-state index is 9.81. The Kier molecular flexibility index (Phi) is 6.38. The van der Waals surface area contributed by atoms with E-state index >= 15 is 0 Å². The van der Waals surface area contributed by atoms with Gasteiger partial charge >= 0.3 is 0 Å². The third-order valence-electron chi connectivity index (χ3n) is 9.40. The molecule has 4 nitrogen and oxygen atoms in total. The fourth-order valence-corrected chi connectivity index (χ4v) is 7.27. The highest BCUT2D eigenvalue weighted by Gasteiger charge is 2.23. The van der Waals surface area contributed by atoms with Gasteiger partial charge in [-0.15, -0.1) is 0 Å². The van der Waals surface area contributed by atoms with Crippen LogP contribution >= 0.6 is 0 Å². The lowest BCUT2D eigenvalue weighted by Gasteiger charge is -2.28. The molecule has 0 amide bonds. The van der Waals surface area contributed by atoms with Gasteiger partial charge in [0.1, 0.15) is 6.07 Å². The van der Waals surface area contributed by atoms with Crippen molar-refractivity contribution in [1.29, 1.82) is 5.26 Å². The van der Waals surface area contributed by atoms with E-state index in [1.165, 1.54) is 21.8 Å². The summed E-state index contributed by atoms with van der Waals surface area (Å²) in [5, 5.41) is 14.2. The molecule has 0 atom stereocenters. The molecule has 0 aliphatic carbocycles. The molecule has 1 aliphatic heterocycles. The Labute approximate surface area is 278 Å². The van der Waals surface area contributed by atoms with E-state index in [4.69, 9.17) is 4.42 Å². The topological polar surface area (TPSA) is 45.1 Å². The van der Waals surface area contributed by atoms with Crippen LogP contribution in [0.5, 0.6) is 0 Å². The Hall–Kier alpha value is -6.57. The van der Waals surface area contributed by atoms with E-state index in [0.717, 1.165) is 55.7 Å². The van der Waals surface area contributed by atoms with Crippen LogP contribution in [0.3, 0.4) is 0 Å². The summed E-state index contributed by atoms with van der Waals surface area (Å²) < 4.78 is 8.86. The van der Waals surface area contributed by atoms with Crippen LogP contribution in [-0.4, -0.2) is 11.1 Å². The second-order valence-corrected chi connectivity index (χ2v) is 12.1. The highest BCUT2D eigenvalue weighted by molar-refractivity contribution is 6.12. The van der Waals surface area contributed by atoms with Crippen molar-refractivity contribution in [2.24, 2.45) is 0 Å². The lowest BCUT2D eigenvalue weighted by Crippen LogP contribution is -2.18. The van der Waals surface area contributed by atoms with E-state index in [2.05, 4.69) is 156 Å². The Balaban J connectivity index is 1.27. The number of hydrogen-bond donors (Lipinski definition) is 0. The number of nitriles is 1. The second-order valence-electron chi connectivity index (χ2n) is 12.1. The zero-order valence-corrected chi connectivity index (χ0v) is 26.1. The third kappa shape index (κ3) is 4.22. The van der Waals surface area contributed by atoms with Crippen molar-refractivity contribution in [2.45, 2.75) is 0 Å². The molecule has 9 rings (SSSR count). The van der Waals surface area contributed by atoms with Gasteiger partial charge in [-0.1, -0.05) is 110 Å². The number of aromatic nitrogens is 1. The quantitative estimate of drug-likeness (QED) is 0.199. The monoisotopic (exact) mass is 615 g/mol. The van der Waals surface area contributed by atoms with Crippen LogP contribution in [-0.2, 0) is 0 Å². The van der Waals surface area contributed by atoms with Gasteiger partial charge in [-0.2, -0.15) is 5.26 Å². The van der Waals surface area contributed by atoms with Crippen LogP contribution in [0.4, 0.5) is 11.4 Å². The Morgan fingerprint density at radius 2 is 1.38 bits per heavy atom. The van der Waals surface area contributed by atoms with Gasteiger partial charge in [-0.25, -0.2) is 0 Å². The third-order valence-corrected chi connectivity index (χ3v) is 9.40. The van der Waals surface area contributed by atoms with Gasteiger partial charge in [0.25, 0.3) is 0 Å². The second kappa shape index (κ2) is 11.0. The first-order valence-electron chi connectivity index (χ1n) is 16.1. The maximum atomic E-state index is 9.81. The molecule has 8 aromatic rings. The first kappa shape index (κ1) is 27.7. The summed E-state index contributed by atoms with van der Waals surface area (Å²) in [7, 11) is 0. The van der Waals surface area contributed by atoms with Gasteiger partial charge in [0, 0.05) is 45.0 Å². The zero-order valence-electron chi connectivity index (χ0n) is 26.1. The molecule has 0 unspecified atom stereocenters. The predicted octanol–water partition coefficient (Wildman–Crippen LogP) is 11.5. The lowest BCUT2D eigenvalue weighted by atomic mass is 9.91. The van der Waals surface area contributed by atoms with Crippen molar-refractivity contribution in [1.82, 2.24) is 4.57 Å². The van der Waals surface area contributed by atoms with Crippen LogP contribution in [0.1, 0.15) is 11.1 Å². The smallest absolute Gasteiger partial charge is 0.159 e. The zero-order chi connectivity index (χ0) is 32.2. The summed E-state index contributed by atoms with van der Waals surface area (Å²) in [6.07, 6.45) is 8.37. The summed E-state index contributed by atoms with van der Waals surface area (Å²) >= 11 is 0. The van der Waals surface area contributed by atoms with E-state index < -0.39 is 0 Å². The van der Waals surface area contributed by atoms with Crippen molar-refractivity contribution < 1.29 is 4.42 Å². The van der Waals surface area contributed by atoms with Crippen molar-refractivity contribution >= 4 is 60.7 Å². The van der Waals surface area contributed by atoms with Crippen molar-refractivity contribution in [3.8, 4) is 22.9 Å². The summed E-state index contributed by atoms with van der Waals surface area (Å²) in [4.78, 5) is 2.30. The van der Waals surface area contributed by atoms with Crippen molar-refractivity contribution in [3.63, 3.8) is 0 Å². The molecule has 1 aliphatic rings. The Bertz CT molecular complexity index is 2680. The fourth-order valence-electron chi connectivity index (χ4n) is 7.27. The Morgan fingerprint density at radius 1 is 0.646 bits per heavy atom. The number of furan rings is 1. The molecule has 0 radical (unpaired) electrons. The summed E-state index contributed by atoms with van der Waals surface area (Å²) in [6, 6.07) is 46.7. The van der Waals surface area contributed by atoms with E-state index in [9.17, 15) is 5.26 Å². The predicted molar refractivity (Wildman–Crippen MR) is 199 cm³/mol. The molecule has 3 heterocycles. The van der Waals surface area contributed by atoms with Crippen molar-refractivity contribution in [3.05, 3.63) is 169 Å². The molecular weight excluding hydrogens is 587 g/mol. The largest absolute Gasteiger partial charge is 0.452 e. The molecule has 0 bridgehead atoms. The number of allylic oxidation sites excluding steroid dienone is 4. The molecule has 0 N–H and O–H groups in total. The van der Waals surface area contributed by atoms with E-state index in [0.29, 0.717) is 17.7 Å². The molecule has 0 saturated heterocycles. The number of nitrogens with zero attached hydrogens (tertiary/aromatic N) is 3. The fraction of sp³-hybridized carbons (Fsp3) is 0.0227. The van der Waals surface area contributed by atoms with Crippen LogP contribution < -0.4 is 4.90 Å². The highest BCUT2D eigenvalue weighted by atomic mass is 16.3. The number of rotatable bonds is 3. The van der Waals surface area contributed by atoms with Crippen molar-refractivity contribution in [2.75, 3.05) is 11.4 Å². The minimum atomic E-state index is 0.531. The summed E-state index contributed by atoms with van der Waals surface area (Å²) in [5.74, 6) is 0. The molecule has 0 saturated carbocycles. The normalized spacial score (nSPS) is 14.5. The van der Waals surface area contributed by atoms with Gasteiger partial charge < -0.3 is 13.9 Å². The van der Waals surface area contributed by atoms with Gasteiger partial charge in [-0.05, 0) is 65.2 Å². The van der Waals surface area contributed by atoms with Crippen LogP contribution in [0.25, 0.3) is 66.1 Å². The van der Waals surface area contributed by atoms with Crippen LogP contribution in [0.15, 0.2) is 163 Å². The number of fused-ring (bicyclic) bond motifs is 7. The minimum absolute atomic E-state index is 0.531. The average molecular weight is 616 g/mol. The number of hydrogen-bond acceptors (Lipinski definition) is 3. The van der Waals surface area contributed by atoms with Gasteiger partial charge in [-0.3, -0.25) is 0 Å². The van der Waals surface area contributed by atoms with E-state index in [1.807, 2.05) is 12.1 Å². The highest BCUT2D eigenvalue weighted by Crippen LogP contribution is 2.44. The van der Waals surface area contributed by atoms with Gasteiger partial charge in [0.15, 0.2) is 11.2 Å². The van der Waals surface area contributed by atoms with E-state index in [-0.39, 0.29) is 0 Å². The first-order valence-corrected chi connectivity index (χ1v) is 16.1. The molecule has 2 aromatic heterocycles.